The number of fused-ring (bicyclic) bond motifs is 1. The number of anilines is 1. The van der Waals surface area contributed by atoms with Crippen LogP contribution in [0.4, 0.5) is 5.69 Å². The van der Waals surface area contributed by atoms with Gasteiger partial charge in [0.15, 0.2) is 11.5 Å². The van der Waals surface area contributed by atoms with Crippen LogP contribution in [-0.4, -0.2) is 51.0 Å². The molecule has 2 aromatic rings. The van der Waals surface area contributed by atoms with Crippen LogP contribution in [0.2, 0.25) is 0 Å². The molecule has 2 aliphatic heterocycles. The molecule has 1 saturated heterocycles. The molecule has 0 saturated carbocycles. The third-order valence-corrected chi connectivity index (χ3v) is 7.96. The number of amides is 2. The number of rotatable bonds is 8. The number of nitrogens with zero attached hydrogens (tertiary/aromatic N) is 2. The van der Waals surface area contributed by atoms with Crippen molar-refractivity contribution in [2.24, 2.45) is 5.92 Å². The van der Waals surface area contributed by atoms with Crippen molar-refractivity contribution >= 4 is 27.5 Å². The second-order valence-corrected chi connectivity index (χ2v) is 9.83. The summed E-state index contributed by atoms with van der Waals surface area (Å²) in [6.45, 7) is 5.09. The maximum absolute atomic E-state index is 12.7. The second kappa shape index (κ2) is 9.40. The summed E-state index contributed by atoms with van der Waals surface area (Å²) in [5, 5.41) is 2.88. The molecule has 33 heavy (non-hydrogen) atoms. The van der Waals surface area contributed by atoms with Crippen LogP contribution in [0.25, 0.3) is 0 Å². The van der Waals surface area contributed by atoms with Gasteiger partial charge in [0.25, 0.3) is 0 Å². The lowest BCUT2D eigenvalue weighted by Gasteiger charge is -2.20. The molecule has 2 aromatic carbocycles. The first-order valence-electron chi connectivity index (χ1n) is 10.9. The molecule has 0 unspecified atom stereocenters. The summed E-state index contributed by atoms with van der Waals surface area (Å²) >= 11 is 0. The Morgan fingerprint density at radius 3 is 2.48 bits per heavy atom. The molecule has 0 aliphatic carbocycles. The van der Waals surface area contributed by atoms with E-state index in [0.29, 0.717) is 36.8 Å². The fourth-order valence-electron chi connectivity index (χ4n) is 4.03. The molecule has 0 radical (unpaired) electrons. The first-order valence-corrected chi connectivity index (χ1v) is 12.3. The molecule has 176 valence electrons. The minimum absolute atomic E-state index is 0.104. The molecule has 1 atom stereocenters. The molecule has 1 fully saturated rings. The van der Waals surface area contributed by atoms with Gasteiger partial charge >= 0.3 is 0 Å². The quantitative estimate of drug-likeness (QED) is 0.630. The van der Waals surface area contributed by atoms with Gasteiger partial charge in [-0.15, -0.1) is 0 Å². The Morgan fingerprint density at radius 1 is 1.09 bits per heavy atom. The van der Waals surface area contributed by atoms with Crippen molar-refractivity contribution in [3.8, 4) is 11.5 Å². The van der Waals surface area contributed by atoms with Crippen molar-refractivity contribution in [3.63, 3.8) is 0 Å². The zero-order valence-electron chi connectivity index (χ0n) is 18.6. The average Bonchev–Trinajstić information content (AvgIpc) is 3.44. The van der Waals surface area contributed by atoms with E-state index in [9.17, 15) is 18.0 Å². The third kappa shape index (κ3) is 4.67. The molecular formula is C23H27N3O6S. The highest BCUT2D eigenvalue weighted by Gasteiger charge is 2.35. The summed E-state index contributed by atoms with van der Waals surface area (Å²) < 4.78 is 37.3. The fraction of sp³-hybridized carbons (Fsp3) is 0.391. The van der Waals surface area contributed by atoms with Gasteiger partial charge in [0.2, 0.25) is 28.6 Å². The molecule has 0 bridgehead atoms. The molecule has 0 aromatic heterocycles. The number of benzene rings is 2. The summed E-state index contributed by atoms with van der Waals surface area (Å²) in [5.41, 5.74) is 1.45. The van der Waals surface area contributed by atoms with Crippen molar-refractivity contribution in [2.75, 3.05) is 31.3 Å². The zero-order chi connectivity index (χ0) is 23.6. The standard InChI is InChI=1S/C23H27N3O6S/c1-3-25(4-2)33(29,30)19-8-6-18(7-9-19)26-14-17(12-22(26)27)23(28)24-13-16-5-10-20-21(11-16)32-15-31-20/h5-11,17H,3-4,12-15H2,1-2H3,(H,24,28)/t17-/m1/s1. The summed E-state index contributed by atoms with van der Waals surface area (Å²) in [6, 6.07) is 11.7. The molecule has 9 nitrogen and oxygen atoms in total. The molecule has 0 spiro atoms. The van der Waals surface area contributed by atoms with Gasteiger partial charge in [-0.25, -0.2) is 8.42 Å². The van der Waals surface area contributed by atoms with Crippen LogP contribution in [0.3, 0.4) is 0 Å². The van der Waals surface area contributed by atoms with Crippen LogP contribution in [0.5, 0.6) is 11.5 Å². The van der Waals surface area contributed by atoms with E-state index in [1.807, 2.05) is 12.1 Å². The summed E-state index contributed by atoms with van der Waals surface area (Å²) in [4.78, 5) is 26.9. The number of carbonyl (C=O) groups is 2. The highest BCUT2D eigenvalue weighted by atomic mass is 32.2. The molecular weight excluding hydrogens is 446 g/mol. The summed E-state index contributed by atoms with van der Waals surface area (Å²) in [5.74, 6) is 0.473. The summed E-state index contributed by atoms with van der Waals surface area (Å²) in [6.07, 6.45) is 0.104. The van der Waals surface area contributed by atoms with E-state index < -0.39 is 15.9 Å². The van der Waals surface area contributed by atoms with Crippen molar-refractivity contribution in [1.29, 1.82) is 0 Å². The zero-order valence-corrected chi connectivity index (χ0v) is 19.4. The number of carbonyl (C=O) groups excluding carboxylic acids is 2. The van der Waals surface area contributed by atoms with Crippen LogP contribution >= 0.6 is 0 Å². The highest BCUT2D eigenvalue weighted by molar-refractivity contribution is 7.89. The van der Waals surface area contributed by atoms with Crippen LogP contribution in [0.1, 0.15) is 25.8 Å². The number of ether oxygens (including phenoxy) is 2. The maximum atomic E-state index is 12.7. The second-order valence-electron chi connectivity index (χ2n) is 7.89. The molecule has 2 heterocycles. The molecule has 2 amide bonds. The molecule has 2 aliphatic rings. The van der Waals surface area contributed by atoms with Gasteiger partial charge in [-0.1, -0.05) is 19.9 Å². The van der Waals surface area contributed by atoms with Gasteiger partial charge in [0, 0.05) is 38.3 Å². The van der Waals surface area contributed by atoms with E-state index in [1.54, 1.807) is 32.0 Å². The Balaban J connectivity index is 1.38. The Morgan fingerprint density at radius 2 is 1.79 bits per heavy atom. The minimum atomic E-state index is -3.57. The molecule has 1 N–H and O–H groups in total. The summed E-state index contributed by atoms with van der Waals surface area (Å²) in [7, 11) is -3.57. The molecule has 4 rings (SSSR count). The van der Waals surface area contributed by atoms with Crippen LogP contribution in [0, 0.1) is 5.92 Å². The van der Waals surface area contributed by atoms with Crippen LogP contribution in [-0.2, 0) is 26.2 Å². The highest BCUT2D eigenvalue weighted by Crippen LogP contribution is 2.32. The smallest absolute Gasteiger partial charge is 0.243 e. The number of nitrogens with one attached hydrogen (secondary N) is 1. The van der Waals surface area contributed by atoms with E-state index in [-0.39, 0.29) is 36.5 Å². The lowest BCUT2D eigenvalue weighted by atomic mass is 10.1. The third-order valence-electron chi connectivity index (χ3n) is 5.89. The Hall–Kier alpha value is -3.11. The van der Waals surface area contributed by atoms with Gasteiger partial charge in [-0.2, -0.15) is 4.31 Å². The Kier molecular flexibility index (Phi) is 6.57. The lowest BCUT2D eigenvalue weighted by Crippen LogP contribution is -2.32. The van der Waals surface area contributed by atoms with E-state index >= 15 is 0 Å². The maximum Gasteiger partial charge on any atom is 0.243 e. The van der Waals surface area contributed by atoms with Gasteiger partial charge in [-0.05, 0) is 42.0 Å². The number of hydrogen-bond acceptors (Lipinski definition) is 6. The first kappa shape index (κ1) is 23.1. The largest absolute Gasteiger partial charge is 0.454 e. The van der Waals surface area contributed by atoms with Gasteiger partial charge in [0.1, 0.15) is 0 Å². The topological polar surface area (TPSA) is 105 Å². The van der Waals surface area contributed by atoms with Crippen molar-refractivity contribution < 1.29 is 27.5 Å². The fourth-order valence-corrected chi connectivity index (χ4v) is 5.49. The van der Waals surface area contributed by atoms with Crippen LogP contribution in [0.15, 0.2) is 47.4 Å². The first-order chi connectivity index (χ1) is 15.8. The predicted molar refractivity (Wildman–Crippen MR) is 121 cm³/mol. The van der Waals surface area contributed by atoms with Gasteiger partial charge in [0.05, 0.1) is 10.8 Å². The monoisotopic (exact) mass is 473 g/mol. The minimum Gasteiger partial charge on any atom is -0.454 e. The normalized spacial score (nSPS) is 17.6. The van der Waals surface area contributed by atoms with E-state index in [2.05, 4.69) is 5.32 Å². The molecule has 10 heteroatoms. The van der Waals surface area contributed by atoms with E-state index in [4.69, 9.17) is 9.47 Å². The SMILES string of the molecule is CCN(CC)S(=O)(=O)c1ccc(N2C[C@H](C(=O)NCc3ccc4c(c3)OCO4)CC2=O)cc1. The number of hydrogen-bond donors (Lipinski definition) is 1. The van der Waals surface area contributed by atoms with E-state index in [1.165, 1.54) is 21.3 Å². The van der Waals surface area contributed by atoms with Gasteiger partial charge < -0.3 is 19.7 Å². The van der Waals surface area contributed by atoms with Crippen molar-refractivity contribution in [3.05, 3.63) is 48.0 Å². The van der Waals surface area contributed by atoms with Crippen LogP contribution < -0.4 is 19.7 Å². The van der Waals surface area contributed by atoms with Crippen molar-refractivity contribution in [2.45, 2.75) is 31.7 Å². The Bertz CT molecular complexity index is 1150. The number of sulfonamides is 1. The predicted octanol–water partition coefficient (Wildman–Crippen LogP) is 2.12. The van der Waals surface area contributed by atoms with E-state index in [0.717, 1.165) is 5.56 Å². The van der Waals surface area contributed by atoms with Gasteiger partial charge in [-0.3, -0.25) is 9.59 Å². The average molecular weight is 474 g/mol. The van der Waals surface area contributed by atoms with Crippen molar-refractivity contribution in [1.82, 2.24) is 9.62 Å². The Labute approximate surface area is 193 Å². The lowest BCUT2D eigenvalue weighted by molar-refractivity contribution is -0.126.